The number of nitrogens with zero attached hydrogens (tertiary/aromatic N) is 5. The molecule has 0 saturated carbocycles. The number of ether oxygens (including phenoxy) is 1. The molecular weight excluding hydrogens is 563 g/mol. The van der Waals surface area contributed by atoms with E-state index in [1.807, 2.05) is 60.7 Å². The Morgan fingerprint density at radius 3 is 2.35 bits per heavy atom. The van der Waals surface area contributed by atoms with Crippen molar-refractivity contribution < 1.29 is 9.84 Å². The van der Waals surface area contributed by atoms with Gasteiger partial charge < -0.3 is 0 Å². The van der Waals surface area contributed by atoms with Gasteiger partial charge in [-0.3, -0.25) is 0 Å². The minimum atomic E-state index is -0.411. The minimum absolute atomic E-state index is 0.135. The zero-order valence-electron chi connectivity index (χ0n) is 21.3. The van der Waals surface area contributed by atoms with Crippen LogP contribution in [0.3, 0.4) is 0 Å². The average Bonchev–Trinajstić information content (AvgIpc) is 2.99. The predicted octanol–water partition coefficient (Wildman–Crippen LogP) is 3.71. The van der Waals surface area contributed by atoms with E-state index < -0.39 is 15.8 Å². The molecule has 0 atom stereocenters. The van der Waals surface area contributed by atoms with Crippen LogP contribution in [0.4, 0.5) is 5.95 Å². The van der Waals surface area contributed by atoms with Gasteiger partial charge in [0.1, 0.15) is 0 Å². The van der Waals surface area contributed by atoms with Gasteiger partial charge in [-0.25, -0.2) is 0 Å². The molecule has 9 heteroatoms. The summed E-state index contributed by atoms with van der Waals surface area (Å²) in [5.41, 5.74) is 10.1. The molecule has 6 rings (SSSR count). The van der Waals surface area contributed by atoms with Crippen molar-refractivity contribution in [2.75, 3.05) is 12.3 Å². The zero-order valence-corrected chi connectivity index (χ0v) is 23.2. The molecule has 6 aromatic rings. The molecule has 195 valence electrons. The van der Waals surface area contributed by atoms with Crippen LogP contribution in [0, 0.1) is 0 Å². The molecule has 8 nitrogen and oxygen atoms in total. The normalized spacial score (nSPS) is 11.3. The molecule has 0 fully saturated rings. The van der Waals surface area contributed by atoms with E-state index >= 15 is 0 Å². The molecule has 0 bridgehead atoms. The monoisotopic (exact) mass is 587 g/mol. The Kier molecular flexibility index (Phi) is 7.44. The van der Waals surface area contributed by atoms with Gasteiger partial charge in [0.25, 0.3) is 0 Å². The van der Waals surface area contributed by atoms with Crippen LogP contribution in [0.15, 0.2) is 103 Å². The number of pyridine rings is 1. The number of rotatable bonds is 8. The summed E-state index contributed by atoms with van der Waals surface area (Å²) in [6, 6.07) is 29.9. The second-order valence-corrected chi connectivity index (χ2v) is 11.4. The molecule has 3 aromatic heterocycles. The molecule has 0 aliphatic rings. The van der Waals surface area contributed by atoms with Crippen molar-refractivity contribution in [2.45, 2.75) is 6.42 Å². The van der Waals surface area contributed by atoms with Crippen molar-refractivity contribution in [1.29, 1.82) is 0 Å². The fourth-order valence-electron chi connectivity index (χ4n) is 4.36. The van der Waals surface area contributed by atoms with Crippen molar-refractivity contribution in [2.24, 2.45) is 0 Å². The molecule has 0 aliphatic heterocycles. The Hall–Kier alpha value is -4.65. The second-order valence-electron chi connectivity index (χ2n) is 8.95. The third-order valence-corrected chi connectivity index (χ3v) is 8.61. The van der Waals surface area contributed by atoms with E-state index in [0.29, 0.717) is 23.7 Å². The second kappa shape index (κ2) is 11.6. The summed E-state index contributed by atoms with van der Waals surface area (Å²) in [6.45, 7) is 0.135. The first-order valence-corrected chi connectivity index (χ1v) is 14.5. The maximum absolute atomic E-state index is 9.21. The summed E-state index contributed by atoms with van der Waals surface area (Å²) in [4.78, 5) is 12.7. The van der Waals surface area contributed by atoms with Gasteiger partial charge in [0.05, 0.1) is 0 Å². The van der Waals surface area contributed by atoms with Gasteiger partial charge in [-0.15, -0.1) is 0 Å². The first-order chi connectivity index (χ1) is 19.7. The molecular formula is C31H24AsN6O2. The average molecular weight is 587 g/mol. The molecule has 3 aromatic carbocycles. The van der Waals surface area contributed by atoms with Gasteiger partial charge in [0, 0.05) is 0 Å². The van der Waals surface area contributed by atoms with Crippen LogP contribution in [0.5, 0.6) is 11.6 Å². The van der Waals surface area contributed by atoms with Crippen LogP contribution < -0.4 is 19.3 Å². The number of fused-ring (bicyclic) bond motifs is 1. The van der Waals surface area contributed by atoms with Crippen LogP contribution in [-0.4, -0.2) is 52.6 Å². The van der Waals surface area contributed by atoms with Crippen molar-refractivity contribution in [3.8, 4) is 34.1 Å². The summed E-state index contributed by atoms with van der Waals surface area (Å²) in [7, 11) is 0. The summed E-state index contributed by atoms with van der Waals surface area (Å²) in [5, 5.41) is 20.7. The van der Waals surface area contributed by atoms with Crippen molar-refractivity contribution in [3.63, 3.8) is 0 Å². The topological polar surface area (TPSA) is 120 Å². The maximum atomic E-state index is 9.21. The van der Waals surface area contributed by atoms with E-state index in [2.05, 4.69) is 49.4 Å². The summed E-state index contributed by atoms with van der Waals surface area (Å²) < 4.78 is 8.29. The number of aliphatic hydroxyl groups is 1. The van der Waals surface area contributed by atoms with Gasteiger partial charge in [0.15, 0.2) is 0 Å². The third kappa shape index (κ3) is 5.54. The van der Waals surface area contributed by atoms with Crippen LogP contribution in [-0.2, 0) is 6.42 Å². The SMILES string of the molecule is Nc1nccc(-c2cccnc2Oc2ccc([As]c3nnc(-c4ccc(CCO)cc4)c4ccccc34)cc2)n1. The number of benzene rings is 3. The van der Waals surface area contributed by atoms with E-state index in [4.69, 9.17) is 10.5 Å². The quantitative estimate of drug-likeness (QED) is 0.259. The van der Waals surface area contributed by atoms with Crippen molar-refractivity contribution in [3.05, 3.63) is 109 Å². The van der Waals surface area contributed by atoms with E-state index in [1.165, 1.54) is 4.35 Å². The molecule has 0 saturated heterocycles. The summed E-state index contributed by atoms with van der Waals surface area (Å²) in [5.74, 6) is 1.31. The van der Waals surface area contributed by atoms with Crippen LogP contribution in [0.2, 0.25) is 0 Å². The number of hydrogen-bond donors (Lipinski definition) is 2. The van der Waals surface area contributed by atoms with Gasteiger partial charge >= 0.3 is 238 Å². The molecule has 0 aliphatic carbocycles. The molecule has 40 heavy (non-hydrogen) atoms. The van der Waals surface area contributed by atoms with Gasteiger partial charge in [-0.2, -0.15) is 0 Å². The molecule has 0 unspecified atom stereocenters. The number of nitrogens with two attached hydrogens (primary N) is 1. The van der Waals surface area contributed by atoms with E-state index in [1.54, 1.807) is 18.5 Å². The summed E-state index contributed by atoms with van der Waals surface area (Å²) in [6.07, 6.45) is 3.93. The fourth-order valence-corrected chi connectivity index (χ4v) is 6.35. The molecule has 0 spiro atoms. The Bertz CT molecular complexity index is 1780. The van der Waals surface area contributed by atoms with Crippen molar-refractivity contribution in [1.82, 2.24) is 25.1 Å². The fraction of sp³-hybridized carbons (Fsp3) is 0.0645. The Balaban J connectivity index is 1.24. The zero-order chi connectivity index (χ0) is 27.3. The van der Waals surface area contributed by atoms with Crippen molar-refractivity contribution >= 4 is 41.3 Å². The van der Waals surface area contributed by atoms with Gasteiger partial charge in [0.2, 0.25) is 0 Å². The molecule has 0 amide bonds. The van der Waals surface area contributed by atoms with Crippen LogP contribution in [0.25, 0.3) is 33.3 Å². The third-order valence-electron chi connectivity index (χ3n) is 6.30. The van der Waals surface area contributed by atoms with E-state index in [-0.39, 0.29) is 12.6 Å². The van der Waals surface area contributed by atoms with E-state index in [9.17, 15) is 5.11 Å². The Labute approximate surface area is 237 Å². The number of aromatic nitrogens is 5. The number of aliphatic hydroxyl groups excluding tert-OH is 1. The molecule has 3 heterocycles. The first kappa shape index (κ1) is 25.6. The Morgan fingerprint density at radius 2 is 1.57 bits per heavy atom. The number of nitrogen functional groups attached to an aromatic ring is 1. The first-order valence-electron chi connectivity index (χ1n) is 12.7. The predicted molar refractivity (Wildman–Crippen MR) is 157 cm³/mol. The number of anilines is 1. The Morgan fingerprint density at radius 1 is 0.775 bits per heavy atom. The van der Waals surface area contributed by atoms with Gasteiger partial charge in [-0.1, -0.05) is 0 Å². The number of hydrogen-bond acceptors (Lipinski definition) is 8. The van der Waals surface area contributed by atoms with Gasteiger partial charge in [-0.05, 0) is 0 Å². The molecule has 1 radical (unpaired) electrons. The van der Waals surface area contributed by atoms with Crippen LogP contribution in [0.1, 0.15) is 5.56 Å². The van der Waals surface area contributed by atoms with Crippen LogP contribution >= 0.6 is 0 Å². The standard InChI is InChI=1S/C31H24AsN6O2/c33-31-35-18-15-27(36-31)26-6-3-17-34-30(26)40-23-13-11-22(12-14-23)32-29-25-5-2-1-4-24(25)28(37-38-29)21-9-7-20(8-10-21)16-19-39/h1-15,17-18,39H,16,19H2,(H2,33,35,36). The molecule has 3 N–H and O–H groups in total. The summed E-state index contributed by atoms with van der Waals surface area (Å²) >= 11 is -0.411. The van der Waals surface area contributed by atoms with E-state index in [0.717, 1.165) is 37.6 Å².